The van der Waals surface area contributed by atoms with Crippen molar-refractivity contribution in [2.75, 3.05) is 12.8 Å². The lowest BCUT2D eigenvalue weighted by Crippen LogP contribution is -2.07. The van der Waals surface area contributed by atoms with E-state index in [0.717, 1.165) is 4.90 Å². The van der Waals surface area contributed by atoms with Crippen LogP contribution in [0.5, 0.6) is 0 Å². The number of carbonyl (C=O) groups is 1. The summed E-state index contributed by atoms with van der Waals surface area (Å²) in [6.07, 6.45) is 1.55. The van der Waals surface area contributed by atoms with Crippen LogP contribution >= 0.6 is 11.8 Å². The maximum atomic E-state index is 11.5. The molecule has 0 unspecified atom stereocenters. The first-order chi connectivity index (χ1) is 8.72. The number of nitrogens with zero attached hydrogens (tertiary/aromatic N) is 1. The molecular weight excluding hydrogens is 248 g/mol. The molecule has 0 radical (unpaired) electrons. The summed E-state index contributed by atoms with van der Waals surface area (Å²) in [6.45, 7) is 0. The van der Waals surface area contributed by atoms with E-state index in [1.807, 2.05) is 30.3 Å². The summed E-state index contributed by atoms with van der Waals surface area (Å²) in [5, 5.41) is 0.601. The number of pyridine rings is 1. The SMILES string of the molecule is COC(=O)c1ccnc(Sc2ccccc2)c1N. The first-order valence-electron chi connectivity index (χ1n) is 5.28. The number of rotatable bonds is 3. The second kappa shape index (κ2) is 5.55. The summed E-state index contributed by atoms with van der Waals surface area (Å²) in [6, 6.07) is 11.3. The van der Waals surface area contributed by atoms with E-state index < -0.39 is 5.97 Å². The molecule has 1 aromatic heterocycles. The van der Waals surface area contributed by atoms with Crippen LogP contribution in [0.4, 0.5) is 5.69 Å². The van der Waals surface area contributed by atoms with E-state index in [1.165, 1.54) is 18.9 Å². The van der Waals surface area contributed by atoms with Crippen LogP contribution in [-0.2, 0) is 4.74 Å². The predicted octanol–water partition coefficient (Wildman–Crippen LogP) is 2.60. The van der Waals surface area contributed by atoms with E-state index in [0.29, 0.717) is 16.3 Å². The van der Waals surface area contributed by atoms with E-state index in [9.17, 15) is 4.79 Å². The molecule has 0 aliphatic rings. The van der Waals surface area contributed by atoms with Crippen LogP contribution in [0.15, 0.2) is 52.5 Å². The van der Waals surface area contributed by atoms with Crippen LogP contribution in [0.1, 0.15) is 10.4 Å². The number of methoxy groups -OCH3 is 1. The minimum atomic E-state index is -0.454. The maximum Gasteiger partial charge on any atom is 0.340 e. The summed E-state index contributed by atoms with van der Waals surface area (Å²) in [5.41, 5.74) is 6.61. The van der Waals surface area contributed by atoms with E-state index in [1.54, 1.807) is 12.3 Å². The van der Waals surface area contributed by atoms with Crippen LogP contribution in [0.2, 0.25) is 0 Å². The van der Waals surface area contributed by atoms with Gasteiger partial charge in [-0.3, -0.25) is 0 Å². The molecular formula is C13H12N2O2S. The second-order valence-corrected chi connectivity index (χ2v) is 4.55. The van der Waals surface area contributed by atoms with Gasteiger partial charge in [0.25, 0.3) is 0 Å². The number of nitrogen functional groups attached to an aromatic ring is 1. The van der Waals surface area contributed by atoms with Gasteiger partial charge in [0.1, 0.15) is 5.03 Å². The second-order valence-electron chi connectivity index (χ2n) is 3.48. The minimum absolute atomic E-state index is 0.339. The van der Waals surface area contributed by atoms with Gasteiger partial charge in [0, 0.05) is 11.1 Å². The molecule has 2 N–H and O–H groups in total. The number of aromatic nitrogens is 1. The normalized spacial score (nSPS) is 10.1. The smallest absolute Gasteiger partial charge is 0.340 e. The van der Waals surface area contributed by atoms with E-state index >= 15 is 0 Å². The Morgan fingerprint density at radius 1 is 1.28 bits per heavy atom. The Labute approximate surface area is 109 Å². The molecule has 0 amide bonds. The molecule has 0 fully saturated rings. The highest BCUT2D eigenvalue weighted by Crippen LogP contribution is 2.31. The Bertz CT molecular complexity index is 558. The molecule has 18 heavy (non-hydrogen) atoms. The van der Waals surface area contributed by atoms with Crippen molar-refractivity contribution in [3.8, 4) is 0 Å². The fraction of sp³-hybridized carbons (Fsp3) is 0.0769. The fourth-order valence-electron chi connectivity index (χ4n) is 1.42. The zero-order valence-electron chi connectivity index (χ0n) is 9.79. The third-order valence-corrected chi connectivity index (χ3v) is 3.34. The van der Waals surface area contributed by atoms with Crippen molar-refractivity contribution in [3.63, 3.8) is 0 Å². The maximum absolute atomic E-state index is 11.5. The summed E-state index contributed by atoms with van der Waals surface area (Å²) >= 11 is 1.41. The topological polar surface area (TPSA) is 65.2 Å². The van der Waals surface area contributed by atoms with Crippen molar-refractivity contribution in [3.05, 3.63) is 48.2 Å². The molecule has 0 aliphatic carbocycles. The Hall–Kier alpha value is -2.01. The van der Waals surface area contributed by atoms with Crippen LogP contribution in [-0.4, -0.2) is 18.1 Å². The molecule has 1 heterocycles. The van der Waals surface area contributed by atoms with Gasteiger partial charge in [0.2, 0.25) is 0 Å². The predicted molar refractivity (Wildman–Crippen MR) is 70.6 cm³/mol. The van der Waals surface area contributed by atoms with Gasteiger partial charge in [0.05, 0.1) is 18.4 Å². The highest BCUT2D eigenvalue weighted by atomic mass is 32.2. The molecule has 4 nitrogen and oxygen atoms in total. The molecule has 92 valence electrons. The van der Waals surface area contributed by atoms with Crippen molar-refractivity contribution in [2.24, 2.45) is 0 Å². The molecule has 2 aromatic rings. The van der Waals surface area contributed by atoms with Gasteiger partial charge in [0.15, 0.2) is 0 Å². The van der Waals surface area contributed by atoms with Crippen molar-refractivity contribution in [1.29, 1.82) is 0 Å². The number of carbonyl (C=O) groups excluding carboxylic acids is 1. The van der Waals surface area contributed by atoms with Crippen molar-refractivity contribution >= 4 is 23.4 Å². The van der Waals surface area contributed by atoms with E-state index in [-0.39, 0.29) is 0 Å². The number of esters is 1. The molecule has 0 bridgehead atoms. The largest absolute Gasteiger partial charge is 0.465 e. The van der Waals surface area contributed by atoms with Crippen molar-refractivity contribution in [2.45, 2.75) is 9.92 Å². The number of nitrogens with two attached hydrogens (primary N) is 1. The summed E-state index contributed by atoms with van der Waals surface area (Å²) < 4.78 is 4.67. The van der Waals surface area contributed by atoms with Crippen molar-refractivity contribution in [1.82, 2.24) is 4.98 Å². The van der Waals surface area contributed by atoms with E-state index in [4.69, 9.17) is 5.73 Å². The zero-order chi connectivity index (χ0) is 13.0. The van der Waals surface area contributed by atoms with Gasteiger partial charge in [-0.05, 0) is 18.2 Å². The molecule has 0 saturated heterocycles. The highest BCUT2D eigenvalue weighted by Gasteiger charge is 2.14. The Balaban J connectivity index is 2.32. The summed E-state index contributed by atoms with van der Waals surface area (Å²) in [4.78, 5) is 16.7. The van der Waals surface area contributed by atoms with Gasteiger partial charge >= 0.3 is 5.97 Å². The number of benzene rings is 1. The third-order valence-electron chi connectivity index (χ3n) is 2.32. The minimum Gasteiger partial charge on any atom is -0.465 e. The third kappa shape index (κ3) is 2.62. The first kappa shape index (κ1) is 12.4. The fourth-order valence-corrected chi connectivity index (χ4v) is 2.27. The lowest BCUT2D eigenvalue weighted by molar-refractivity contribution is 0.0601. The Morgan fingerprint density at radius 3 is 2.67 bits per heavy atom. The number of ether oxygens (including phenoxy) is 1. The molecule has 0 saturated carbocycles. The van der Waals surface area contributed by atoms with Crippen molar-refractivity contribution < 1.29 is 9.53 Å². The van der Waals surface area contributed by atoms with E-state index in [2.05, 4.69) is 9.72 Å². The average molecular weight is 260 g/mol. The van der Waals surface area contributed by atoms with Gasteiger partial charge in [-0.2, -0.15) is 0 Å². The first-order valence-corrected chi connectivity index (χ1v) is 6.09. The van der Waals surface area contributed by atoms with Gasteiger partial charge in [-0.1, -0.05) is 30.0 Å². The Kier molecular flexibility index (Phi) is 3.84. The molecule has 0 aliphatic heterocycles. The monoisotopic (exact) mass is 260 g/mol. The number of hydrogen-bond donors (Lipinski definition) is 1. The van der Waals surface area contributed by atoms with Gasteiger partial charge < -0.3 is 10.5 Å². The van der Waals surface area contributed by atoms with Crippen LogP contribution < -0.4 is 5.73 Å². The van der Waals surface area contributed by atoms with Gasteiger partial charge in [-0.25, -0.2) is 9.78 Å². The quantitative estimate of drug-likeness (QED) is 0.859. The zero-order valence-corrected chi connectivity index (χ0v) is 10.6. The van der Waals surface area contributed by atoms with Crippen LogP contribution in [0.3, 0.4) is 0 Å². The summed E-state index contributed by atoms with van der Waals surface area (Å²) in [7, 11) is 1.33. The number of hydrogen-bond acceptors (Lipinski definition) is 5. The highest BCUT2D eigenvalue weighted by molar-refractivity contribution is 7.99. The molecule has 1 aromatic carbocycles. The Morgan fingerprint density at radius 2 is 2.00 bits per heavy atom. The lowest BCUT2D eigenvalue weighted by Gasteiger charge is -2.08. The van der Waals surface area contributed by atoms with Crippen LogP contribution in [0, 0.1) is 0 Å². The molecule has 2 rings (SSSR count). The molecule has 5 heteroatoms. The average Bonchev–Trinajstić information content (AvgIpc) is 2.41. The van der Waals surface area contributed by atoms with Crippen LogP contribution in [0.25, 0.3) is 0 Å². The lowest BCUT2D eigenvalue weighted by atomic mass is 10.2. The standard InChI is InChI=1S/C13H12N2O2S/c1-17-13(16)10-7-8-15-12(11(10)14)18-9-5-3-2-4-6-9/h2-8H,14H2,1H3. The number of anilines is 1. The molecule has 0 spiro atoms. The summed E-state index contributed by atoms with van der Waals surface area (Å²) in [5.74, 6) is -0.454. The molecule has 0 atom stereocenters. The van der Waals surface area contributed by atoms with Gasteiger partial charge in [-0.15, -0.1) is 0 Å².